The Kier molecular flexibility index (Phi) is 4.51. The van der Waals surface area contributed by atoms with Gasteiger partial charge in [-0.3, -0.25) is 0 Å². The zero-order chi connectivity index (χ0) is 12.3. The molecule has 0 spiro atoms. The number of rotatable bonds is 4. The van der Waals surface area contributed by atoms with Crippen molar-refractivity contribution in [1.29, 1.82) is 0 Å². The molecule has 16 heavy (non-hydrogen) atoms. The summed E-state index contributed by atoms with van der Waals surface area (Å²) in [6.07, 6.45) is 0. The first kappa shape index (κ1) is 13.2. The highest BCUT2D eigenvalue weighted by atomic mass is 16.3. The first-order valence-electron chi connectivity index (χ1n) is 5.85. The van der Waals surface area contributed by atoms with Crippen LogP contribution < -0.4 is 0 Å². The molecule has 0 fully saturated rings. The second-order valence-corrected chi connectivity index (χ2v) is 4.81. The minimum absolute atomic E-state index is 0.0392. The Morgan fingerprint density at radius 3 is 1.75 bits per heavy atom. The van der Waals surface area contributed by atoms with E-state index in [2.05, 4.69) is 32.9 Å². The van der Waals surface area contributed by atoms with Gasteiger partial charge in [0.2, 0.25) is 0 Å². The van der Waals surface area contributed by atoms with Crippen LogP contribution in [-0.2, 0) is 13.2 Å². The van der Waals surface area contributed by atoms with E-state index in [1.807, 2.05) is 6.92 Å². The maximum Gasteiger partial charge on any atom is 0.0684 e. The fourth-order valence-electron chi connectivity index (χ4n) is 1.84. The maximum absolute atomic E-state index is 9.30. The van der Waals surface area contributed by atoms with Crippen molar-refractivity contribution in [2.45, 2.75) is 46.8 Å². The van der Waals surface area contributed by atoms with Crippen LogP contribution in [0.2, 0.25) is 0 Å². The van der Waals surface area contributed by atoms with Crippen molar-refractivity contribution in [3.63, 3.8) is 0 Å². The van der Waals surface area contributed by atoms with Gasteiger partial charge in [0.1, 0.15) is 0 Å². The van der Waals surface area contributed by atoms with E-state index < -0.39 is 0 Å². The lowest BCUT2D eigenvalue weighted by Crippen LogP contribution is -2.06. The summed E-state index contributed by atoms with van der Waals surface area (Å²) < 4.78 is 0. The highest BCUT2D eigenvalue weighted by Crippen LogP contribution is 2.27. The molecule has 0 heterocycles. The number of hydrogen-bond acceptors (Lipinski definition) is 2. The molecule has 1 aromatic carbocycles. The summed E-state index contributed by atoms with van der Waals surface area (Å²) in [5, 5.41) is 18.6. The summed E-state index contributed by atoms with van der Waals surface area (Å²) in [4.78, 5) is 0. The van der Waals surface area contributed by atoms with Gasteiger partial charge in [-0.05, 0) is 41.0 Å². The van der Waals surface area contributed by atoms with E-state index in [1.165, 1.54) is 5.56 Å². The molecular formula is C14H22O2. The van der Waals surface area contributed by atoms with E-state index >= 15 is 0 Å². The van der Waals surface area contributed by atoms with Gasteiger partial charge in [0, 0.05) is 0 Å². The topological polar surface area (TPSA) is 40.5 Å². The van der Waals surface area contributed by atoms with Crippen LogP contribution in [0.4, 0.5) is 0 Å². The average molecular weight is 222 g/mol. The van der Waals surface area contributed by atoms with Gasteiger partial charge in [-0.1, -0.05) is 32.9 Å². The first-order chi connectivity index (χ1) is 7.51. The molecule has 1 atom stereocenters. The van der Waals surface area contributed by atoms with Crippen LogP contribution in [0.15, 0.2) is 12.1 Å². The van der Waals surface area contributed by atoms with Gasteiger partial charge in [0.05, 0.1) is 13.2 Å². The number of aliphatic hydroxyl groups is 2. The normalized spacial score (nSPS) is 13.2. The molecule has 1 unspecified atom stereocenters. The van der Waals surface area contributed by atoms with Gasteiger partial charge in [0.15, 0.2) is 0 Å². The predicted octanol–water partition coefficient (Wildman–Crippen LogP) is 2.74. The minimum atomic E-state index is 0.0392. The monoisotopic (exact) mass is 222 g/mol. The molecule has 2 heteroatoms. The van der Waals surface area contributed by atoms with Gasteiger partial charge in [-0.15, -0.1) is 0 Å². The third-order valence-corrected chi connectivity index (χ3v) is 3.51. The van der Waals surface area contributed by atoms with E-state index in [1.54, 1.807) is 0 Å². The molecule has 90 valence electrons. The van der Waals surface area contributed by atoms with Crippen LogP contribution in [0.1, 0.15) is 48.9 Å². The molecule has 0 aliphatic rings. The number of benzene rings is 1. The zero-order valence-corrected chi connectivity index (χ0v) is 10.6. The summed E-state index contributed by atoms with van der Waals surface area (Å²) in [5.74, 6) is 0.997. The van der Waals surface area contributed by atoms with Crippen LogP contribution in [0.25, 0.3) is 0 Å². The van der Waals surface area contributed by atoms with E-state index in [-0.39, 0.29) is 13.2 Å². The number of aliphatic hydroxyl groups excluding tert-OH is 2. The van der Waals surface area contributed by atoms with Crippen molar-refractivity contribution in [3.05, 3.63) is 34.4 Å². The summed E-state index contributed by atoms with van der Waals surface area (Å²) in [6.45, 7) is 8.57. The van der Waals surface area contributed by atoms with Crippen molar-refractivity contribution < 1.29 is 10.2 Å². The molecule has 0 aliphatic heterocycles. The molecule has 0 bridgehead atoms. The smallest absolute Gasteiger partial charge is 0.0684 e. The number of hydrogen-bond donors (Lipinski definition) is 2. The van der Waals surface area contributed by atoms with Gasteiger partial charge in [-0.2, -0.15) is 0 Å². The molecule has 1 rings (SSSR count). The van der Waals surface area contributed by atoms with Crippen LogP contribution >= 0.6 is 0 Å². The predicted molar refractivity (Wildman–Crippen MR) is 66.3 cm³/mol. The van der Waals surface area contributed by atoms with Crippen molar-refractivity contribution in [1.82, 2.24) is 0 Å². The summed E-state index contributed by atoms with van der Waals surface area (Å²) in [7, 11) is 0. The van der Waals surface area contributed by atoms with Crippen LogP contribution in [0, 0.1) is 12.8 Å². The van der Waals surface area contributed by atoms with Gasteiger partial charge in [0.25, 0.3) is 0 Å². The minimum Gasteiger partial charge on any atom is -0.392 e. The Hall–Kier alpha value is -0.860. The molecule has 0 saturated carbocycles. The molecule has 0 saturated heterocycles. The van der Waals surface area contributed by atoms with Gasteiger partial charge < -0.3 is 10.2 Å². The van der Waals surface area contributed by atoms with E-state index in [0.29, 0.717) is 11.8 Å². The molecular weight excluding hydrogens is 200 g/mol. The molecule has 0 aromatic heterocycles. The quantitative estimate of drug-likeness (QED) is 0.822. The fourth-order valence-corrected chi connectivity index (χ4v) is 1.84. The van der Waals surface area contributed by atoms with E-state index in [4.69, 9.17) is 0 Å². The second-order valence-electron chi connectivity index (χ2n) is 4.81. The van der Waals surface area contributed by atoms with E-state index in [9.17, 15) is 10.2 Å². The highest BCUT2D eigenvalue weighted by molar-refractivity contribution is 5.39. The zero-order valence-electron chi connectivity index (χ0n) is 10.6. The standard InChI is InChI=1S/C14H22O2/c1-9(2)10(3)12-5-13(7-15)11(4)14(6-12)8-16/h5-6,9-10,15-16H,7-8H2,1-4H3. The molecule has 2 nitrogen and oxygen atoms in total. The lowest BCUT2D eigenvalue weighted by molar-refractivity contribution is 0.273. The van der Waals surface area contributed by atoms with Crippen LogP contribution in [-0.4, -0.2) is 10.2 Å². The third-order valence-electron chi connectivity index (χ3n) is 3.51. The Bertz CT molecular complexity index is 331. The van der Waals surface area contributed by atoms with Crippen molar-refractivity contribution >= 4 is 0 Å². The highest BCUT2D eigenvalue weighted by Gasteiger charge is 2.13. The SMILES string of the molecule is Cc1c(CO)cc(C(C)C(C)C)cc1CO. The molecule has 0 aliphatic carbocycles. The Balaban J connectivity index is 3.21. The lowest BCUT2D eigenvalue weighted by Gasteiger charge is -2.19. The van der Waals surface area contributed by atoms with Crippen LogP contribution in [0.5, 0.6) is 0 Å². The third kappa shape index (κ3) is 2.63. The van der Waals surface area contributed by atoms with Crippen LogP contribution in [0.3, 0.4) is 0 Å². The van der Waals surface area contributed by atoms with E-state index in [0.717, 1.165) is 16.7 Å². The van der Waals surface area contributed by atoms with Gasteiger partial charge >= 0.3 is 0 Å². The Labute approximate surface area is 97.9 Å². The first-order valence-corrected chi connectivity index (χ1v) is 5.85. The summed E-state index contributed by atoms with van der Waals surface area (Å²) >= 11 is 0. The fraction of sp³-hybridized carbons (Fsp3) is 0.571. The molecule has 2 N–H and O–H groups in total. The Morgan fingerprint density at radius 1 is 1.00 bits per heavy atom. The Morgan fingerprint density at radius 2 is 1.44 bits per heavy atom. The summed E-state index contributed by atoms with van der Waals surface area (Å²) in [6, 6.07) is 4.11. The molecule has 0 radical (unpaired) electrons. The van der Waals surface area contributed by atoms with Crippen molar-refractivity contribution in [2.24, 2.45) is 5.92 Å². The largest absolute Gasteiger partial charge is 0.392 e. The molecule has 1 aromatic rings. The van der Waals surface area contributed by atoms with Gasteiger partial charge in [-0.25, -0.2) is 0 Å². The van der Waals surface area contributed by atoms with Crippen molar-refractivity contribution in [3.8, 4) is 0 Å². The second kappa shape index (κ2) is 5.46. The lowest BCUT2D eigenvalue weighted by atomic mass is 9.87. The molecule has 0 amide bonds. The summed E-state index contributed by atoms with van der Waals surface area (Å²) in [5.41, 5.74) is 4.06. The average Bonchev–Trinajstić information content (AvgIpc) is 2.28. The maximum atomic E-state index is 9.30. The van der Waals surface area contributed by atoms with Crippen molar-refractivity contribution in [2.75, 3.05) is 0 Å².